The van der Waals surface area contributed by atoms with Crippen molar-refractivity contribution in [3.63, 3.8) is 0 Å². The molecule has 35 heavy (non-hydrogen) atoms. The van der Waals surface area contributed by atoms with Gasteiger partial charge in [-0.25, -0.2) is 28.7 Å². The molecular weight excluding hydrogens is 454 g/mol. The van der Waals surface area contributed by atoms with Crippen molar-refractivity contribution >= 4 is 22.7 Å². The maximum atomic E-state index is 14.3. The van der Waals surface area contributed by atoms with Gasteiger partial charge in [-0.2, -0.15) is 0 Å². The second-order valence-corrected chi connectivity index (χ2v) is 9.31. The number of aromatic amines is 1. The molecule has 8 nitrogen and oxygen atoms in total. The summed E-state index contributed by atoms with van der Waals surface area (Å²) in [5.41, 5.74) is 1.73. The summed E-state index contributed by atoms with van der Waals surface area (Å²) in [5.74, 6) is -1.64. The maximum Gasteiger partial charge on any atom is 0.308 e. The van der Waals surface area contributed by atoms with Crippen LogP contribution in [0.4, 0.5) is 14.6 Å². The number of hydrogen-bond donors (Lipinski definition) is 3. The number of carboxylic acids is 1. The number of hydrogen-bond acceptors (Lipinski definition) is 6. The standard InChI is InChI=1S/C25H22F2N6O2/c26-15-5-16-17(10-30-23(16)18(27)6-15)24-31-19(14-8-28-11-29-9-14)7-20(33-24)32-22-13-3-1-12(2-4-13)21(22)25(34)35/h5-13,21-22,30H,1-4H2,(H,34,35)(H,31,32,33)/t12?,13?,21-,22?/m1/s1. The molecule has 3 heterocycles. The van der Waals surface area contributed by atoms with E-state index in [0.717, 1.165) is 31.7 Å². The minimum absolute atomic E-state index is 0.137. The Hall–Kier alpha value is -3.95. The Morgan fingerprint density at radius 3 is 2.51 bits per heavy atom. The molecule has 0 amide bonds. The molecule has 0 radical (unpaired) electrons. The predicted molar refractivity (Wildman–Crippen MR) is 124 cm³/mol. The lowest BCUT2D eigenvalue weighted by atomic mass is 9.61. The van der Waals surface area contributed by atoms with Crippen LogP contribution in [0.5, 0.6) is 0 Å². The first-order chi connectivity index (χ1) is 17.0. The highest BCUT2D eigenvalue weighted by atomic mass is 19.1. The smallest absolute Gasteiger partial charge is 0.308 e. The fourth-order valence-electron chi connectivity index (χ4n) is 5.74. The van der Waals surface area contributed by atoms with Crippen LogP contribution in [0.1, 0.15) is 25.7 Å². The number of carboxylic acid groups (broad SMARTS) is 1. The largest absolute Gasteiger partial charge is 0.481 e. The van der Waals surface area contributed by atoms with E-state index in [1.165, 1.54) is 12.4 Å². The summed E-state index contributed by atoms with van der Waals surface area (Å²) in [5, 5.41) is 13.7. The zero-order valence-electron chi connectivity index (χ0n) is 18.6. The first-order valence-electron chi connectivity index (χ1n) is 11.6. The lowest BCUT2D eigenvalue weighted by Gasteiger charge is -2.47. The number of carbonyl (C=O) groups is 1. The average molecular weight is 476 g/mol. The summed E-state index contributed by atoms with van der Waals surface area (Å²) in [7, 11) is 0. The number of fused-ring (bicyclic) bond motifs is 4. The highest BCUT2D eigenvalue weighted by molar-refractivity contribution is 5.94. The number of anilines is 1. The predicted octanol–water partition coefficient (Wildman–Crippen LogP) is 4.66. The molecule has 178 valence electrons. The van der Waals surface area contributed by atoms with E-state index >= 15 is 0 Å². The van der Waals surface area contributed by atoms with Gasteiger partial charge in [0.25, 0.3) is 0 Å². The van der Waals surface area contributed by atoms with Crippen LogP contribution in [0, 0.1) is 29.4 Å². The van der Waals surface area contributed by atoms with Crippen LogP contribution >= 0.6 is 0 Å². The molecular formula is C25H22F2N6O2. The summed E-state index contributed by atoms with van der Waals surface area (Å²) < 4.78 is 28.3. The third kappa shape index (κ3) is 3.78. The number of halogens is 2. The van der Waals surface area contributed by atoms with Crippen molar-refractivity contribution in [3.05, 3.63) is 54.8 Å². The van der Waals surface area contributed by atoms with Crippen molar-refractivity contribution in [1.29, 1.82) is 0 Å². The number of nitrogens with zero attached hydrogens (tertiary/aromatic N) is 4. The molecule has 7 rings (SSSR count). The van der Waals surface area contributed by atoms with Gasteiger partial charge in [-0.3, -0.25) is 4.79 Å². The van der Waals surface area contributed by atoms with Crippen molar-refractivity contribution in [2.24, 2.45) is 17.8 Å². The number of nitrogens with one attached hydrogen (secondary N) is 2. The van der Waals surface area contributed by atoms with Crippen molar-refractivity contribution in [2.45, 2.75) is 31.7 Å². The van der Waals surface area contributed by atoms with E-state index in [9.17, 15) is 18.7 Å². The van der Waals surface area contributed by atoms with Gasteiger partial charge in [-0.05, 0) is 43.6 Å². The topological polar surface area (TPSA) is 117 Å². The zero-order valence-corrected chi connectivity index (χ0v) is 18.6. The van der Waals surface area contributed by atoms with Crippen molar-refractivity contribution in [2.75, 3.05) is 5.32 Å². The van der Waals surface area contributed by atoms with Gasteiger partial charge in [0.2, 0.25) is 0 Å². The Balaban J connectivity index is 1.47. The van der Waals surface area contributed by atoms with Gasteiger partial charge in [0.15, 0.2) is 5.82 Å². The molecule has 0 aliphatic heterocycles. The Morgan fingerprint density at radius 2 is 1.77 bits per heavy atom. The lowest BCUT2D eigenvalue weighted by Crippen LogP contribution is -2.51. The summed E-state index contributed by atoms with van der Waals surface area (Å²) in [6.07, 6.45) is 9.98. The van der Waals surface area contributed by atoms with E-state index in [0.29, 0.717) is 28.0 Å². The molecule has 1 unspecified atom stereocenters. The Kier molecular flexibility index (Phi) is 5.16. The lowest BCUT2D eigenvalue weighted by molar-refractivity contribution is -0.148. The molecule has 0 saturated heterocycles. The molecule has 1 aromatic carbocycles. The average Bonchev–Trinajstić information content (AvgIpc) is 3.29. The number of aliphatic carboxylic acids is 1. The molecule has 2 atom stereocenters. The molecule has 0 spiro atoms. The Bertz CT molecular complexity index is 1420. The van der Waals surface area contributed by atoms with Crippen molar-refractivity contribution in [3.8, 4) is 22.6 Å². The van der Waals surface area contributed by atoms with Gasteiger partial charge in [0.1, 0.15) is 23.8 Å². The van der Waals surface area contributed by atoms with Crippen molar-refractivity contribution in [1.82, 2.24) is 24.9 Å². The summed E-state index contributed by atoms with van der Waals surface area (Å²) in [4.78, 5) is 32.4. The highest BCUT2D eigenvalue weighted by Crippen LogP contribution is 2.46. The van der Waals surface area contributed by atoms with E-state index in [-0.39, 0.29) is 29.2 Å². The van der Waals surface area contributed by atoms with Crippen LogP contribution in [-0.4, -0.2) is 42.0 Å². The second kappa shape index (κ2) is 8.37. The molecule has 3 aliphatic rings. The molecule has 10 heteroatoms. The first-order valence-corrected chi connectivity index (χ1v) is 11.6. The number of rotatable bonds is 5. The molecule has 3 N–H and O–H groups in total. The fourth-order valence-corrected chi connectivity index (χ4v) is 5.74. The number of H-pyrrole nitrogens is 1. The quantitative estimate of drug-likeness (QED) is 0.383. The van der Waals surface area contributed by atoms with E-state index in [2.05, 4.69) is 30.2 Å². The third-order valence-electron chi connectivity index (χ3n) is 7.35. The monoisotopic (exact) mass is 476 g/mol. The summed E-state index contributed by atoms with van der Waals surface area (Å²) >= 11 is 0. The normalized spacial score (nSPS) is 23.5. The van der Waals surface area contributed by atoms with Gasteiger partial charge in [-0.15, -0.1) is 0 Å². The van der Waals surface area contributed by atoms with Gasteiger partial charge in [0.05, 0.1) is 17.1 Å². The molecule has 2 bridgehead atoms. The second-order valence-electron chi connectivity index (χ2n) is 9.31. The SMILES string of the molecule is O=C(O)[C@@H]1C2CCC(CC2)C1Nc1cc(-c2cncnc2)nc(-c2c[nH]c3c(F)cc(F)cc23)n1. The van der Waals surface area contributed by atoms with Gasteiger partial charge in [-0.1, -0.05) is 0 Å². The van der Waals surface area contributed by atoms with Crippen LogP contribution < -0.4 is 5.32 Å². The molecule has 4 aromatic rings. The van der Waals surface area contributed by atoms with E-state index < -0.39 is 23.5 Å². The highest BCUT2D eigenvalue weighted by Gasteiger charge is 2.47. The Morgan fingerprint density at radius 1 is 1.03 bits per heavy atom. The summed E-state index contributed by atoms with van der Waals surface area (Å²) in [6.45, 7) is 0. The maximum absolute atomic E-state index is 14.3. The minimum atomic E-state index is -0.801. The van der Waals surface area contributed by atoms with Crippen LogP contribution in [0.2, 0.25) is 0 Å². The van der Waals surface area contributed by atoms with Crippen molar-refractivity contribution < 1.29 is 18.7 Å². The minimum Gasteiger partial charge on any atom is -0.481 e. The molecule has 3 aliphatic carbocycles. The molecule has 3 fully saturated rings. The van der Waals surface area contributed by atoms with Crippen LogP contribution in [0.15, 0.2) is 43.1 Å². The summed E-state index contributed by atoms with van der Waals surface area (Å²) in [6, 6.07) is 3.53. The van der Waals surface area contributed by atoms with Crippen LogP contribution in [0.3, 0.4) is 0 Å². The van der Waals surface area contributed by atoms with Gasteiger partial charge >= 0.3 is 5.97 Å². The van der Waals surface area contributed by atoms with E-state index in [1.54, 1.807) is 24.7 Å². The fraction of sp³-hybridized carbons (Fsp3) is 0.320. The first kappa shape index (κ1) is 21.6. The Labute approximate surface area is 198 Å². The van der Waals surface area contributed by atoms with Gasteiger partial charge < -0.3 is 15.4 Å². The number of aromatic nitrogens is 5. The molecule has 3 saturated carbocycles. The van der Waals surface area contributed by atoms with E-state index in [4.69, 9.17) is 0 Å². The van der Waals surface area contributed by atoms with Gasteiger partial charge in [0, 0.05) is 53.3 Å². The zero-order chi connectivity index (χ0) is 24.1. The number of benzene rings is 1. The van der Waals surface area contributed by atoms with E-state index in [1.807, 2.05) is 0 Å². The van der Waals surface area contributed by atoms with Crippen LogP contribution in [0.25, 0.3) is 33.5 Å². The molecule has 3 aromatic heterocycles. The van der Waals surface area contributed by atoms with Crippen LogP contribution in [-0.2, 0) is 4.79 Å². The third-order valence-corrected chi connectivity index (χ3v) is 7.35.